The molecule has 0 N–H and O–H groups in total. The molecule has 78 valence electrons. The Kier molecular flexibility index (Phi) is 2.41. The molecular weight excluding hydrogens is 197 g/mol. The van der Waals surface area contributed by atoms with Gasteiger partial charge in [-0.15, -0.1) is 0 Å². The molecule has 0 aliphatic rings. The van der Waals surface area contributed by atoms with Crippen molar-refractivity contribution in [2.45, 2.75) is 0 Å². The van der Waals surface area contributed by atoms with Gasteiger partial charge in [-0.05, 0) is 23.6 Å². The van der Waals surface area contributed by atoms with Crippen molar-refractivity contribution >= 4 is 10.8 Å². The number of hydrogen-bond donors (Lipinski definition) is 0. The predicted octanol–water partition coefficient (Wildman–Crippen LogP) is 2.39. The van der Waals surface area contributed by atoms with E-state index in [1.165, 1.54) is 20.3 Å². The molecule has 4 heteroatoms. The SMILES string of the molecule is COc1cc2c(OC)nccc2cc1F. The number of nitrogens with zero attached hydrogens (tertiary/aromatic N) is 1. The summed E-state index contributed by atoms with van der Waals surface area (Å²) in [6.45, 7) is 0. The molecule has 0 saturated heterocycles. The van der Waals surface area contributed by atoms with E-state index in [1.54, 1.807) is 18.3 Å². The first-order valence-corrected chi connectivity index (χ1v) is 4.42. The van der Waals surface area contributed by atoms with E-state index < -0.39 is 5.82 Å². The number of fused-ring (bicyclic) bond motifs is 1. The van der Waals surface area contributed by atoms with E-state index in [-0.39, 0.29) is 5.75 Å². The number of methoxy groups -OCH3 is 2. The van der Waals surface area contributed by atoms with Crippen molar-refractivity contribution in [2.24, 2.45) is 0 Å². The van der Waals surface area contributed by atoms with Gasteiger partial charge in [0.25, 0.3) is 0 Å². The molecule has 2 rings (SSSR count). The van der Waals surface area contributed by atoms with Crippen LogP contribution in [-0.2, 0) is 0 Å². The molecule has 0 bridgehead atoms. The van der Waals surface area contributed by atoms with E-state index in [4.69, 9.17) is 9.47 Å². The highest BCUT2D eigenvalue weighted by Gasteiger charge is 2.08. The lowest BCUT2D eigenvalue weighted by Crippen LogP contribution is -1.92. The number of benzene rings is 1. The fraction of sp³-hybridized carbons (Fsp3) is 0.182. The number of ether oxygens (including phenoxy) is 2. The van der Waals surface area contributed by atoms with Gasteiger partial charge in [-0.2, -0.15) is 0 Å². The molecule has 1 aromatic carbocycles. The quantitative estimate of drug-likeness (QED) is 0.757. The third-order valence-corrected chi connectivity index (χ3v) is 2.19. The summed E-state index contributed by atoms with van der Waals surface area (Å²) in [5.74, 6) is 0.262. The van der Waals surface area contributed by atoms with Crippen molar-refractivity contribution in [2.75, 3.05) is 14.2 Å². The summed E-state index contributed by atoms with van der Waals surface area (Å²) in [5, 5.41) is 1.47. The third-order valence-electron chi connectivity index (χ3n) is 2.19. The molecule has 1 heterocycles. The van der Waals surface area contributed by atoms with Crippen LogP contribution in [0.3, 0.4) is 0 Å². The Balaban J connectivity index is 2.76. The zero-order valence-corrected chi connectivity index (χ0v) is 8.45. The van der Waals surface area contributed by atoms with Crippen molar-refractivity contribution < 1.29 is 13.9 Å². The smallest absolute Gasteiger partial charge is 0.221 e. The number of pyridine rings is 1. The molecule has 0 spiro atoms. The Bertz CT molecular complexity index is 499. The largest absolute Gasteiger partial charge is 0.494 e. The molecule has 0 saturated carbocycles. The number of halogens is 1. The van der Waals surface area contributed by atoms with Crippen LogP contribution in [0.4, 0.5) is 4.39 Å². The lowest BCUT2D eigenvalue weighted by Gasteiger charge is -2.07. The molecular formula is C11H10FNO2. The van der Waals surface area contributed by atoms with Crippen molar-refractivity contribution in [1.82, 2.24) is 4.98 Å². The van der Waals surface area contributed by atoms with Crippen LogP contribution in [-0.4, -0.2) is 19.2 Å². The summed E-state index contributed by atoms with van der Waals surface area (Å²) in [6, 6.07) is 4.70. The highest BCUT2D eigenvalue weighted by Crippen LogP contribution is 2.29. The van der Waals surface area contributed by atoms with Crippen LogP contribution in [0, 0.1) is 5.82 Å². The van der Waals surface area contributed by atoms with Crippen molar-refractivity contribution in [3.63, 3.8) is 0 Å². The van der Waals surface area contributed by atoms with Gasteiger partial charge in [0.15, 0.2) is 11.6 Å². The zero-order valence-electron chi connectivity index (χ0n) is 8.45. The molecule has 1 aromatic heterocycles. The molecule has 0 amide bonds. The van der Waals surface area contributed by atoms with Crippen molar-refractivity contribution in [1.29, 1.82) is 0 Å². The molecule has 0 unspecified atom stereocenters. The average molecular weight is 207 g/mol. The van der Waals surface area contributed by atoms with Crippen LogP contribution in [0.1, 0.15) is 0 Å². The Morgan fingerprint density at radius 2 is 2.00 bits per heavy atom. The van der Waals surface area contributed by atoms with E-state index in [0.29, 0.717) is 5.88 Å². The maximum atomic E-state index is 13.4. The summed E-state index contributed by atoms with van der Waals surface area (Å²) >= 11 is 0. The molecule has 15 heavy (non-hydrogen) atoms. The zero-order chi connectivity index (χ0) is 10.8. The minimum atomic E-state index is -0.391. The monoisotopic (exact) mass is 207 g/mol. The van der Waals surface area contributed by atoms with Crippen LogP contribution >= 0.6 is 0 Å². The fourth-order valence-corrected chi connectivity index (χ4v) is 1.47. The number of aromatic nitrogens is 1. The predicted molar refractivity (Wildman–Crippen MR) is 54.8 cm³/mol. The average Bonchev–Trinajstić information content (AvgIpc) is 2.27. The summed E-state index contributed by atoms with van der Waals surface area (Å²) in [5.41, 5.74) is 0. The summed E-state index contributed by atoms with van der Waals surface area (Å²) in [6.07, 6.45) is 1.58. The van der Waals surface area contributed by atoms with Crippen LogP contribution in [0.2, 0.25) is 0 Å². The highest BCUT2D eigenvalue weighted by atomic mass is 19.1. The van der Waals surface area contributed by atoms with Gasteiger partial charge < -0.3 is 9.47 Å². The molecule has 2 aromatic rings. The Morgan fingerprint density at radius 3 is 2.67 bits per heavy atom. The first-order valence-electron chi connectivity index (χ1n) is 4.42. The number of rotatable bonds is 2. The Morgan fingerprint density at radius 1 is 1.20 bits per heavy atom. The first kappa shape index (κ1) is 9.71. The van der Waals surface area contributed by atoms with Gasteiger partial charge in [0.2, 0.25) is 5.88 Å². The standard InChI is InChI=1S/C11H10FNO2/c1-14-10-6-8-7(5-9(10)12)3-4-13-11(8)15-2/h3-6H,1-2H3. The normalized spacial score (nSPS) is 10.3. The van der Waals surface area contributed by atoms with Gasteiger partial charge in [0, 0.05) is 11.6 Å². The van der Waals surface area contributed by atoms with Crippen molar-refractivity contribution in [3.05, 3.63) is 30.2 Å². The minimum absolute atomic E-state index is 0.189. The van der Waals surface area contributed by atoms with E-state index in [9.17, 15) is 4.39 Å². The van der Waals surface area contributed by atoms with Gasteiger partial charge >= 0.3 is 0 Å². The summed E-state index contributed by atoms with van der Waals surface area (Å²) in [7, 11) is 2.95. The van der Waals surface area contributed by atoms with Gasteiger partial charge in [0.05, 0.1) is 14.2 Å². The maximum absolute atomic E-state index is 13.4. The van der Waals surface area contributed by atoms with E-state index in [2.05, 4.69) is 4.98 Å². The third kappa shape index (κ3) is 1.58. The van der Waals surface area contributed by atoms with Gasteiger partial charge in [-0.1, -0.05) is 0 Å². The Labute approximate surface area is 86.5 Å². The second-order valence-electron chi connectivity index (χ2n) is 3.03. The molecule has 0 atom stereocenters. The molecule has 0 aliphatic carbocycles. The van der Waals surface area contributed by atoms with Crippen LogP contribution in [0.15, 0.2) is 24.4 Å². The van der Waals surface area contributed by atoms with E-state index in [1.807, 2.05) is 0 Å². The lowest BCUT2D eigenvalue weighted by molar-refractivity contribution is 0.385. The lowest BCUT2D eigenvalue weighted by atomic mass is 10.1. The van der Waals surface area contributed by atoms with Gasteiger partial charge in [-0.25, -0.2) is 9.37 Å². The van der Waals surface area contributed by atoms with Gasteiger partial charge in [-0.3, -0.25) is 0 Å². The van der Waals surface area contributed by atoms with Gasteiger partial charge in [0.1, 0.15) is 0 Å². The molecule has 0 radical (unpaired) electrons. The topological polar surface area (TPSA) is 31.4 Å². The highest BCUT2D eigenvalue weighted by molar-refractivity contribution is 5.88. The summed E-state index contributed by atoms with van der Waals surface area (Å²) < 4.78 is 23.3. The van der Waals surface area contributed by atoms with Crippen LogP contribution < -0.4 is 9.47 Å². The van der Waals surface area contributed by atoms with Crippen LogP contribution in [0.25, 0.3) is 10.8 Å². The fourth-order valence-electron chi connectivity index (χ4n) is 1.47. The van der Waals surface area contributed by atoms with Crippen molar-refractivity contribution in [3.8, 4) is 11.6 Å². The molecule has 0 aliphatic heterocycles. The van der Waals surface area contributed by atoms with E-state index >= 15 is 0 Å². The summed E-state index contributed by atoms with van der Waals surface area (Å²) in [4.78, 5) is 4.03. The van der Waals surface area contributed by atoms with E-state index in [0.717, 1.165) is 10.8 Å². The molecule has 3 nitrogen and oxygen atoms in total. The first-order chi connectivity index (χ1) is 7.26. The minimum Gasteiger partial charge on any atom is -0.494 e. The second kappa shape index (κ2) is 3.73. The van der Waals surface area contributed by atoms with Crippen LogP contribution in [0.5, 0.6) is 11.6 Å². The molecule has 0 fully saturated rings. The maximum Gasteiger partial charge on any atom is 0.221 e. The Hall–Kier alpha value is -1.84. The second-order valence-corrected chi connectivity index (χ2v) is 3.03. The number of hydrogen-bond acceptors (Lipinski definition) is 3.